The van der Waals surface area contributed by atoms with E-state index in [0.29, 0.717) is 0 Å². The normalized spacial score (nSPS) is 24.5. The molecule has 0 amide bonds. The summed E-state index contributed by atoms with van der Waals surface area (Å²) in [6, 6.07) is 0. The largest absolute Gasteiger partial charge is 0.347 e. The lowest BCUT2D eigenvalue weighted by Crippen LogP contribution is -2.33. The fourth-order valence-corrected chi connectivity index (χ4v) is 2.48. The smallest absolute Gasteiger partial charge is 0.172 e. The maximum absolute atomic E-state index is 5.71. The Kier molecular flexibility index (Phi) is 3.14. The zero-order valence-corrected chi connectivity index (χ0v) is 9.34. The zero-order valence-electron chi connectivity index (χ0n) is 9.34. The van der Waals surface area contributed by atoms with Gasteiger partial charge in [-0.3, -0.25) is 0 Å². The van der Waals surface area contributed by atoms with Crippen molar-refractivity contribution in [3.8, 4) is 12.3 Å². The Morgan fingerprint density at radius 3 is 2.73 bits per heavy atom. The predicted molar refractivity (Wildman–Crippen MR) is 59.3 cm³/mol. The lowest BCUT2D eigenvalue weighted by molar-refractivity contribution is -0.163. The van der Waals surface area contributed by atoms with Crippen LogP contribution in [-0.4, -0.2) is 19.0 Å². The Morgan fingerprint density at radius 1 is 1.40 bits per heavy atom. The molecule has 0 atom stereocenters. The van der Waals surface area contributed by atoms with Crippen molar-refractivity contribution >= 4 is 0 Å². The van der Waals surface area contributed by atoms with E-state index in [1.807, 2.05) is 0 Å². The maximum Gasteiger partial charge on any atom is 0.172 e. The van der Waals surface area contributed by atoms with Crippen molar-refractivity contribution in [2.24, 2.45) is 0 Å². The third-order valence-electron chi connectivity index (χ3n) is 3.33. The highest BCUT2D eigenvalue weighted by molar-refractivity contribution is 5.19. The number of hydrogen-bond acceptors (Lipinski definition) is 2. The zero-order chi connectivity index (χ0) is 10.7. The summed E-state index contributed by atoms with van der Waals surface area (Å²) in [6.45, 7) is 3.66. The minimum atomic E-state index is -0.288. The summed E-state index contributed by atoms with van der Waals surface area (Å²) >= 11 is 0. The summed E-state index contributed by atoms with van der Waals surface area (Å²) < 4.78 is 11.4. The van der Waals surface area contributed by atoms with Crippen molar-refractivity contribution in [3.05, 3.63) is 11.1 Å². The summed E-state index contributed by atoms with van der Waals surface area (Å²) in [5, 5.41) is 0. The highest BCUT2D eigenvalue weighted by Gasteiger charge is 2.39. The van der Waals surface area contributed by atoms with Gasteiger partial charge in [-0.2, -0.15) is 0 Å². The van der Waals surface area contributed by atoms with Crippen LogP contribution in [0.4, 0.5) is 0 Å². The molecule has 1 heterocycles. The summed E-state index contributed by atoms with van der Waals surface area (Å²) in [5.41, 5.74) is 2.93. The highest BCUT2D eigenvalue weighted by atomic mass is 16.7. The van der Waals surface area contributed by atoms with Gasteiger partial charge in [0.05, 0.1) is 13.2 Å². The molecule has 2 nitrogen and oxygen atoms in total. The van der Waals surface area contributed by atoms with Crippen LogP contribution in [0.15, 0.2) is 11.1 Å². The molecule has 0 radical (unpaired) electrons. The van der Waals surface area contributed by atoms with Gasteiger partial charge in [0.25, 0.3) is 0 Å². The molecule has 0 aromatic rings. The van der Waals surface area contributed by atoms with Crippen molar-refractivity contribution in [3.63, 3.8) is 0 Å². The molecule has 1 aliphatic heterocycles. The SMILES string of the molecule is C#CCCC1=C(C)CC2(CC1)OCCO2. The molecule has 0 N–H and O–H groups in total. The Hall–Kier alpha value is -0.780. The molecule has 1 spiro atoms. The van der Waals surface area contributed by atoms with Gasteiger partial charge in [0.15, 0.2) is 5.79 Å². The summed E-state index contributed by atoms with van der Waals surface area (Å²) in [5.74, 6) is 2.41. The number of hydrogen-bond donors (Lipinski definition) is 0. The molecule has 1 fully saturated rings. The van der Waals surface area contributed by atoms with Crippen LogP contribution in [-0.2, 0) is 9.47 Å². The fraction of sp³-hybridized carbons (Fsp3) is 0.692. The minimum Gasteiger partial charge on any atom is -0.347 e. The molecule has 82 valence electrons. The minimum absolute atomic E-state index is 0.288. The summed E-state index contributed by atoms with van der Waals surface area (Å²) in [7, 11) is 0. The topological polar surface area (TPSA) is 18.5 Å². The molecule has 2 rings (SSSR count). The van der Waals surface area contributed by atoms with E-state index < -0.39 is 0 Å². The molecule has 2 aliphatic rings. The second-order valence-corrected chi connectivity index (χ2v) is 4.37. The summed E-state index contributed by atoms with van der Waals surface area (Å²) in [6.07, 6.45) is 10.2. The Labute approximate surface area is 91.6 Å². The lowest BCUT2D eigenvalue weighted by Gasteiger charge is -2.33. The first-order valence-corrected chi connectivity index (χ1v) is 5.65. The molecule has 0 saturated carbocycles. The molecule has 2 heteroatoms. The molecule has 15 heavy (non-hydrogen) atoms. The van der Waals surface area contributed by atoms with E-state index in [-0.39, 0.29) is 5.79 Å². The van der Waals surface area contributed by atoms with Crippen LogP contribution >= 0.6 is 0 Å². The number of ether oxygens (including phenoxy) is 2. The average Bonchev–Trinajstić information content (AvgIpc) is 2.66. The van der Waals surface area contributed by atoms with E-state index in [1.165, 1.54) is 11.1 Å². The quantitative estimate of drug-likeness (QED) is 0.511. The molecule has 0 unspecified atom stereocenters. The highest BCUT2D eigenvalue weighted by Crippen LogP contribution is 2.39. The van der Waals surface area contributed by atoms with Gasteiger partial charge in [-0.15, -0.1) is 12.3 Å². The van der Waals surface area contributed by atoms with Crippen LogP contribution in [0.2, 0.25) is 0 Å². The number of allylic oxidation sites excluding steroid dienone is 1. The van der Waals surface area contributed by atoms with Gasteiger partial charge in [0, 0.05) is 19.3 Å². The first-order chi connectivity index (χ1) is 7.26. The molecule has 1 aliphatic carbocycles. The van der Waals surface area contributed by atoms with Gasteiger partial charge < -0.3 is 9.47 Å². The van der Waals surface area contributed by atoms with Gasteiger partial charge in [-0.1, -0.05) is 11.1 Å². The Bertz CT molecular complexity index is 303. The van der Waals surface area contributed by atoms with Crippen molar-refractivity contribution in [1.29, 1.82) is 0 Å². The van der Waals surface area contributed by atoms with Crippen molar-refractivity contribution in [2.75, 3.05) is 13.2 Å². The third kappa shape index (κ3) is 2.25. The summed E-state index contributed by atoms with van der Waals surface area (Å²) in [4.78, 5) is 0. The van der Waals surface area contributed by atoms with Gasteiger partial charge in [-0.05, 0) is 19.8 Å². The van der Waals surface area contributed by atoms with Crippen LogP contribution in [0.1, 0.15) is 39.0 Å². The predicted octanol–water partition coefficient (Wildman–Crippen LogP) is 2.64. The standard InChI is InChI=1S/C13H18O2/c1-3-4-5-12-6-7-13(10-11(12)2)14-8-9-15-13/h1H,4-10H2,2H3. The molecule has 0 aromatic heterocycles. The lowest BCUT2D eigenvalue weighted by atomic mass is 9.86. The van der Waals surface area contributed by atoms with E-state index in [2.05, 4.69) is 12.8 Å². The molecule has 1 saturated heterocycles. The Balaban J connectivity index is 2.01. The van der Waals surface area contributed by atoms with E-state index >= 15 is 0 Å². The monoisotopic (exact) mass is 206 g/mol. The Morgan fingerprint density at radius 2 is 2.13 bits per heavy atom. The molecular formula is C13H18O2. The second kappa shape index (κ2) is 4.38. The first-order valence-electron chi connectivity index (χ1n) is 5.65. The average molecular weight is 206 g/mol. The van der Waals surface area contributed by atoms with Crippen LogP contribution in [0.5, 0.6) is 0 Å². The van der Waals surface area contributed by atoms with Crippen molar-refractivity contribution in [1.82, 2.24) is 0 Å². The second-order valence-electron chi connectivity index (χ2n) is 4.37. The van der Waals surface area contributed by atoms with Crippen LogP contribution in [0, 0.1) is 12.3 Å². The molecule has 0 bridgehead atoms. The van der Waals surface area contributed by atoms with E-state index in [1.54, 1.807) is 0 Å². The van der Waals surface area contributed by atoms with Crippen LogP contribution in [0.3, 0.4) is 0 Å². The van der Waals surface area contributed by atoms with Gasteiger partial charge in [-0.25, -0.2) is 0 Å². The van der Waals surface area contributed by atoms with Crippen LogP contribution < -0.4 is 0 Å². The van der Waals surface area contributed by atoms with Crippen molar-refractivity contribution in [2.45, 2.75) is 44.8 Å². The maximum atomic E-state index is 5.71. The van der Waals surface area contributed by atoms with Crippen molar-refractivity contribution < 1.29 is 9.47 Å². The van der Waals surface area contributed by atoms with Gasteiger partial charge in [0.1, 0.15) is 0 Å². The molecular weight excluding hydrogens is 188 g/mol. The third-order valence-corrected chi connectivity index (χ3v) is 3.33. The van der Waals surface area contributed by atoms with E-state index in [4.69, 9.17) is 15.9 Å². The van der Waals surface area contributed by atoms with Gasteiger partial charge >= 0.3 is 0 Å². The number of rotatable bonds is 2. The first kappa shape index (κ1) is 10.7. The fourth-order valence-electron chi connectivity index (χ4n) is 2.48. The molecule has 0 aromatic carbocycles. The van der Waals surface area contributed by atoms with E-state index in [0.717, 1.165) is 45.3 Å². The number of terminal acetylenes is 1. The van der Waals surface area contributed by atoms with Crippen LogP contribution in [0.25, 0.3) is 0 Å². The van der Waals surface area contributed by atoms with E-state index in [9.17, 15) is 0 Å². The van der Waals surface area contributed by atoms with Gasteiger partial charge in [0.2, 0.25) is 0 Å².